The summed E-state index contributed by atoms with van der Waals surface area (Å²) in [5, 5.41) is 0.746. The normalized spacial score (nSPS) is 18.3. The molecule has 168 valence electrons. The molecule has 2 aliphatic rings. The standard InChI is InChI=1S/C25H29ClN4O2/c26-23-7-5-20(6-8-23)3-4-21-9-12-29(13-10-21)24(31)19-28-14-16-30(17-15-28)25(32)22-2-1-11-27-18-22/h1-8,11,18,21H,9-10,12-17,19H2. The van der Waals surface area contributed by atoms with Gasteiger partial charge in [0, 0.05) is 56.7 Å². The van der Waals surface area contributed by atoms with Gasteiger partial charge in [-0.3, -0.25) is 19.5 Å². The molecular formula is C25H29ClN4O2. The molecule has 32 heavy (non-hydrogen) atoms. The summed E-state index contributed by atoms with van der Waals surface area (Å²) in [6.07, 6.45) is 9.65. The summed E-state index contributed by atoms with van der Waals surface area (Å²) in [7, 11) is 0. The van der Waals surface area contributed by atoms with Crippen LogP contribution in [0.2, 0.25) is 5.02 Å². The highest BCUT2D eigenvalue weighted by molar-refractivity contribution is 6.30. The number of hydrogen-bond donors (Lipinski definition) is 0. The SMILES string of the molecule is O=C(CN1CCN(C(=O)c2cccnc2)CC1)N1CCC(C=Cc2ccc(Cl)cc2)CC1. The zero-order valence-corrected chi connectivity index (χ0v) is 19.0. The monoisotopic (exact) mass is 452 g/mol. The lowest BCUT2D eigenvalue weighted by Crippen LogP contribution is -2.52. The number of amides is 2. The maximum Gasteiger partial charge on any atom is 0.255 e. The largest absolute Gasteiger partial charge is 0.342 e. The first kappa shape index (κ1) is 22.5. The van der Waals surface area contributed by atoms with E-state index < -0.39 is 0 Å². The highest BCUT2D eigenvalue weighted by Gasteiger charge is 2.26. The van der Waals surface area contributed by atoms with Gasteiger partial charge in [-0.05, 0) is 48.6 Å². The maximum absolute atomic E-state index is 12.8. The van der Waals surface area contributed by atoms with E-state index in [4.69, 9.17) is 11.6 Å². The van der Waals surface area contributed by atoms with E-state index in [-0.39, 0.29) is 11.8 Å². The van der Waals surface area contributed by atoms with Crippen molar-refractivity contribution in [2.75, 3.05) is 45.8 Å². The van der Waals surface area contributed by atoms with Crippen molar-refractivity contribution in [1.82, 2.24) is 19.7 Å². The minimum atomic E-state index is 0.0119. The van der Waals surface area contributed by atoms with Crippen molar-refractivity contribution in [3.63, 3.8) is 0 Å². The Hall–Kier alpha value is -2.70. The number of allylic oxidation sites excluding steroid dienone is 1. The Morgan fingerprint density at radius 2 is 1.69 bits per heavy atom. The Morgan fingerprint density at radius 3 is 2.34 bits per heavy atom. The van der Waals surface area contributed by atoms with Crippen molar-refractivity contribution < 1.29 is 9.59 Å². The summed E-state index contributed by atoms with van der Waals surface area (Å²) < 4.78 is 0. The van der Waals surface area contributed by atoms with E-state index in [9.17, 15) is 9.59 Å². The Balaban J connectivity index is 1.18. The van der Waals surface area contributed by atoms with Gasteiger partial charge >= 0.3 is 0 Å². The molecule has 1 aromatic heterocycles. The molecule has 2 amide bonds. The molecule has 0 aliphatic carbocycles. The fourth-order valence-electron chi connectivity index (χ4n) is 4.23. The van der Waals surface area contributed by atoms with E-state index in [0.29, 0.717) is 31.1 Å². The molecule has 0 unspecified atom stereocenters. The van der Waals surface area contributed by atoms with Crippen LogP contribution in [0, 0.1) is 5.92 Å². The summed E-state index contributed by atoms with van der Waals surface area (Å²) in [6.45, 7) is 4.75. The molecule has 0 saturated carbocycles. The molecule has 4 rings (SSSR count). The van der Waals surface area contributed by atoms with Crippen LogP contribution in [0.25, 0.3) is 6.08 Å². The number of piperidine rings is 1. The third-order valence-corrected chi connectivity index (χ3v) is 6.50. The smallest absolute Gasteiger partial charge is 0.255 e. The Bertz CT molecular complexity index is 932. The number of benzene rings is 1. The van der Waals surface area contributed by atoms with Crippen LogP contribution in [0.15, 0.2) is 54.9 Å². The molecule has 2 aromatic rings. The second kappa shape index (κ2) is 10.7. The lowest BCUT2D eigenvalue weighted by Gasteiger charge is -2.36. The molecule has 0 radical (unpaired) electrons. The third kappa shape index (κ3) is 5.96. The van der Waals surface area contributed by atoms with Gasteiger partial charge in [0.15, 0.2) is 0 Å². The number of rotatable bonds is 5. The molecule has 7 heteroatoms. The number of nitrogens with zero attached hydrogens (tertiary/aromatic N) is 4. The number of aromatic nitrogens is 1. The molecular weight excluding hydrogens is 424 g/mol. The van der Waals surface area contributed by atoms with Gasteiger partial charge in [-0.2, -0.15) is 0 Å². The van der Waals surface area contributed by atoms with Crippen LogP contribution >= 0.6 is 11.6 Å². The summed E-state index contributed by atoms with van der Waals surface area (Å²) in [6, 6.07) is 11.4. The van der Waals surface area contributed by atoms with Gasteiger partial charge in [0.2, 0.25) is 5.91 Å². The average molecular weight is 453 g/mol. The van der Waals surface area contributed by atoms with E-state index in [2.05, 4.69) is 22.0 Å². The molecule has 0 N–H and O–H groups in total. The maximum atomic E-state index is 12.8. The molecule has 0 atom stereocenters. The highest BCUT2D eigenvalue weighted by atomic mass is 35.5. The van der Waals surface area contributed by atoms with Crippen LogP contribution in [0.1, 0.15) is 28.8 Å². The van der Waals surface area contributed by atoms with E-state index >= 15 is 0 Å². The molecule has 0 spiro atoms. The van der Waals surface area contributed by atoms with Gasteiger partial charge < -0.3 is 9.80 Å². The number of piperazine rings is 1. The zero-order valence-electron chi connectivity index (χ0n) is 18.2. The minimum absolute atomic E-state index is 0.0119. The van der Waals surface area contributed by atoms with Crippen molar-refractivity contribution in [1.29, 1.82) is 0 Å². The number of halogens is 1. The van der Waals surface area contributed by atoms with Crippen molar-refractivity contribution in [2.45, 2.75) is 12.8 Å². The Morgan fingerprint density at radius 1 is 0.969 bits per heavy atom. The van der Waals surface area contributed by atoms with Gasteiger partial charge in [-0.1, -0.05) is 35.9 Å². The second-order valence-corrected chi connectivity index (χ2v) is 8.88. The Kier molecular flexibility index (Phi) is 7.55. The summed E-state index contributed by atoms with van der Waals surface area (Å²) in [5.74, 6) is 0.701. The lowest BCUT2D eigenvalue weighted by molar-refractivity contribution is -0.133. The van der Waals surface area contributed by atoms with Crippen molar-refractivity contribution in [2.24, 2.45) is 5.92 Å². The van der Waals surface area contributed by atoms with Crippen molar-refractivity contribution >= 4 is 29.5 Å². The predicted octanol–water partition coefficient (Wildman–Crippen LogP) is 3.44. The minimum Gasteiger partial charge on any atom is -0.342 e. The summed E-state index contributed by atoms with van der Waals surface area (Å²) >= 11 is 5.94. The number of likely N-dealkylation sites (tertiary alicyclic amines) is 1. The van der Waals surface area contributed by atoms with Crippen LogP contribution in [0.3, 0.4) is 0 Å². The molecule has 2 saturated heterocycles. The van der Waals surface area contributed by atoms with Gasteiger partial charge in [0.25, 0.3) is 5.91 Å². The number of carbonyl (C=O) groups is 2. The molecule has 0 bridgehead atoms. The summed E-state index contributed by atoms with van der Waals surface area (Å²) in [5.41, 5.74) is 1.76. The van der Waals surface area contributed by atoms with Gasteiger partial charge in [0.05, 0.1) is 12.1 Å². The Labute approximate surface area is 194 Å². The van der Waals surface area contributed by atoms with Crippen LogP contribution in [-0.2, 0) is 4.79 Å². The topological polar surface area (TPSA) is 56.8 Å². The molecule has 2 fully saturated rings. The number of carbonyl (C=O) groups excluding carboxylic acids is 2. The van der Waals surface area contributed by atoms with Crippen molar-refractivity contribution in [3.05, 3.63) is 71.0 Å². The molecule has 3 heterocycles. The highest BCUT2D eigenvalue weighted by Crippen LogP contribution is 2.21. The van der Waals surface area contributed by atoms with Crippen LogP contribution < -0.4 is 0 Å². The number of pyridine rings is 1. The number of hydrogen-bond acceptors (Lipinski definition) is 4. The third-order valence-electron chi connectivity index (χ3n) is 6.25. The summed E-state index contributed by atoms with van der Waals surface area (Å²) in [4.78, 5) is 35.3. The van der Waals surface area contributed by atoms with E-state index in [0.717, 1.165) is 49.6 Å². The second-order valence-electron chi connectivity index (χ2n) is 8.44. The van der Waals surface area contributed by atoms with Gasteiger partial charge in [0.1, 0.15) is 0 Å². The van der Waals surface area contributed by atoms with Gasteiger partial charge in [-0.15, -0.1) is 0 Å². The van der Waals surface area contributed by atoms with Crippen LogP contribution in [0.4, 0.5) is 0 Å². The molecule has 1 aromatic carbocycles. The first-order chi connectivity index (χ1) is 15.6. The van der Waals surface area contributed by atoms with Gasteiger partial charge in [-0.25, -0.2) is 0 Å². The first-order valence-electron chi connectivity index (χ1n) is 11.2. The first-order valence-corrected chi connectivity index (χ1v) is 11.6. The van der Waals surface area contributed by atoms with Crippen molar-refractivity contribution in [3.8, 4) is 0 Å². The fourth-order valence-corrected chi connectivity index (χ4v) is 4.36. The zero-order chi connectivity index (χ0) is 22.3. The van der Waals surface area contributed by atoms with Crippen LogP contribution in [-0.4, -0.2) is 77.3 Å². The van der Waals surface area contributed by atoms with E-state index in [1.807, 2.05) is 34.1 Å². The lowest BCUT2D eigenvalue weighted by atomic mass is 9.95. The fraction of sp³-hybridized carbons (Fsp3) is 0.400. The van der Waals surface area contributed by atoms with E-state index in [1.165, 1.54) is 0 Å². The predicted molar refractivity (Wildman–Crippen MR) is 126 cm³/mol. The van der Waals surface area contributed by atoms with E-state index in [1.54, 1.807) is 24.5 Å². The average Bonchev–Trinajstić information content (AvgIpc) is 2.84. The quantitative estimate of drug-likeness (QED) is 0.697. The molecule has 2 aliphatic heterocycles. The van der Waals surface area contributed by atoms with Crippen LogP contribution in [0.5, 0.6) is 0 Å². The molecule has 6 nitrogen and oxygen atoms in total.